The fourth-order valence-electron chi connectivity index (χ4n) is 3.19. The molecular weight excluding hydrogens is 265 g/mol. The van der Waals surface area contributed by atoms with Crippen LogP contribution in [-0.4, -0.2) is 42.3 Å². The molecule has 0 unspecified atom stereocenters. The molecule has 2 N–H and O–H groups in total. The highest BCUT2D eigenvalue weighted by molar-refractivity contribution is 6.59. The van der Waals surface area contributed by atoms with Gasteiger partial charge in [-0.2, -0.15) is 0 Å². The fourth-order valence-corrected chi connectivity index (χ4v) is 3.19. The zero-order valence-corrected chi connectivity index (χ0v) is 13.1. The number of methoxy groups -OCH3 is 1. The first-order valence-corrected chi connectivity index (χ1v) is 7.85. The van der Waals surface area contributed by atoms with E-state index in [0.717, 1.165) is 17.9 Å². The van der Waals surface area contributed by atoms with Crippen molar-refractivity contribution in [1.29, 1.82) is 0 Å². The molecule has 1 aromatic rings. The van der Waals surface area contributed by atoms with E-state index in [2.05, 4.69) is 11.9 Å². The summed E-state index contributed by atoms with van der Waals surface area (Å²) in [5.74, 6) is 0.753. The standard InChI is InChI=1S/C16H26BNO3/c1-18(14-7-5-3-4-6-8-14)12-13-11-15(21-2)9-10-16(13)17(19)20/h9-11,14,19-20H,3-8,12H2,1-2H3. The van der Waals surface area contributed by atoms with Crippen LogP contribution in [0, 0.1) is 0 Å². The third-order valence-corrected chi connectivity index (χ3v) is 4.50. The van der Waals surface area contributed by atoms with Gasteiger partial charge in [-0.1, -0.05) is 31.7 Å². The van der Waals surface area contributed by atoms with Gasteiger partial charge in [-0.3, -0.25) is 4.90 Å². The minimum absolute atomic E-state index is 0.566. The quantitative estimate of drug-likeness (QED) is 0.638. The van der Waals surface area contributed by atoms with Gasteiger partial charge in [0.15, 0.2) is 0 Å². The van der Waals surface area contributed by atoms with Crippen molar-refractivity contribution >= 4 is 12.6 Å². The van der Waals surface area contributed by atoms with Gasteiger partial charge in [-0.05, 0) is 43.0 Å². The van der Waals surface area contributed by atoms with E-state index in [1.165, 1.54) is 38.5 Å². The van der Waals surface area contributed by atoms with Gasteiger partial charge in [0.2, 0.25) is 0 Å². The molecule has 0 aliphatic heterocycles. The van der Waals surface area contributed by atoms with Gasteiger partial charge >= 0.3 is 7.12 Å². The minimum atomic E-state index is -1.44. The lowest BCUT2D eigenvalue weighted by molar-refractivity contribution is 0.213. The zero-order valence-electron chi connectivity index (χ0n) is 13.1. The number of rotatable bonds is 5. The van der Waals surface area contributed by atoms with E-state index in [1.807, 2.05) is 6.07 Å². The molecule has 2 rings (SSSR count). The van der Waals surface area contributed by atoms with Crippen LogP contribution in [0.1, 0.15) is 44.1 Å². The van der Waals surface area contributed by atoms with Crippen molar-refractivity contribution in [3.8, 4) is 5.75 Å². The third-order valence-electron chi connectivity index (χ3n) is 4.50. The predicted octanol–water partition coefficient (Wildman–Crippen LogP) is 1.53. The van der Waals surface area contributed by atoms with Crippen LogP contribution in [0.3, 0.4) is 0 Å². The molecule has 1 aliphatic carbocycles. The van der Waals surface area contributed by atoms with Crippen LogP contribution in [0.15, 0.2) is 18.2 Å². The molecular formula is C16H26BNO3. The van der Waals surface area contributed by atoms with Crippen molar-refractivity contribution in [1.82, 2.24) is 4.90 Å². The van der Waals surface area contributed by atoms with Gasteiger partial charge < -0.3 is 14.8 Å². The van der Waals surface area contributed by atoms with Gasteiger partial charge in [0, 0.05) is 12.6 Å². The van der Waals surface area contributed by atoms with E-state index >= 15 is 0 Å². The smallest absolute Gasteiger partial charge is 0.488 e. The van der Waals surface area contributed by atoms with Crippen LogP contribution >= 0.6 is 0 Å². The van der Waals surface area contributed by atoms with Crippen molar-refractivity contribution in [2.75, 3.05) is 14.2 Å². The predicted molar refractivity (Wildman–Crippen MR) is 85.8 cm³/mol. The molecule has 1 saturated carbocycles. The van der Waals surface area contributed by atoms with E-state index in [1.54, 1.807) is 19.2 Å². The van der Waals surface area contributed by atoms with Gasteiger partial charge in [-0.25, -0.2) is 0 Å². The number of benzene rings is 1. The molecule has 4 nitrogen and oxygen atoms in total. The first-order chi connectivity index (χ1) is 10.1. The van der Waals surface area contributed by atoms with Crippen LogP contribution < -0.4 is 10.2 Å². The highest BCUT2D eigenvalue weighted by Gasteiger charge is 2.21. The molecule has 1 aromatic carbocycles. The van der Waals surface area contributed by atoms with E-state index < -0.39 is 7.12 Å². The van der Waals surface area contributed by atoms with Crippen molar-refractivity contribution in [3.05, 3.63) is 23.8 Å². The molecule has 1 fully saturated rings. The van der Waals surface area contributed by atoms with Gasteiger partial charge in [-0.15, -0.1) is 0 Å². The molecule has 116 valence electrons. The Morgan fingerprint density at radius 1 is 1.19 bits per heavy atom. The Hall–Kier alpha value is -1.04. The molecule has 0 saturated heterocycles. The molecule has 21 heavy (non-hydrogen) atoms. The maximum Gasteiger partial charge on any atom is 0.488 e. The second-order valence-electron chi connectivity index (χ2n) is 6.00. The zero-order chi connectivity index (χ0) is 15.2. The number of ether oxygens (including phenoxy) is 1. The summed E-state index contributed by atoms with van der Waals surface area (Å²) in [5.41, 5.74) is 1.49. The monoisotopic (exact) mass is 291 g/mol. The lowest BCUT2D eigenvalue weighted by Crippen LogP contribution is -2.37. The first-order valence-electron chi connectivity index (χ1n) is 7.85. The summed E-state index contributed by atoms with van der Waals surface area (Å²) in [6, 6.07) is 5.99. The Bertz CT molecular complexity index is 445. The van der Waals surface area contributed by atoms with E-state index in [9.17, 15) is 10.0 Å². The van der Waals surface area contributed by atoms with Crippen LogP contribution in [0.4, 0.5) is 0 Å². The topological polar surface area (TPSA) is 52.9 Å². The van der Waals surface area contributed by atoms with Crippen LogP contribution in [0.2, 0.25) is 0 Å². The summed E-state index contributed by atoms with van der Waals surface area (Å²) in [7, 11) is 2.32. The van der Waals surface area contributed by atoms with E-state index in [0.29, 0.717) is 11.5 Å². The Morgan fingerprint density at radius 3 is 2.43 bits per heavy atom. The Morgan fingerprint density at radius 2 is 1.86 bits per heavy atom. The lowest BCUT2D eigenvalue weighted by Gasteiger charge is -2.28. The van der Waals surface area contributed by atoms with Crippen LogP contribution in [0.5, 0.6) is 5.75 Å². The van der Waals surface area contributed by atoms with Crippen molar-refractivity contribution < 1.29 is 14.8 Å². The summed E-state index contributed by atoms with van der Waals surface area (Å²) in [4.78, 5) is 2.34. The molecule has 0 amide bonds. The second kappa shape index (κ2) is 7.83. The lowest BCUT2D eigenvalue weighted by atomic mass is 9.76. The molecule has 0 spiro atoms. The normalized spacial score (nSPS) is 16.8. The van der Waals surface area contributed by atoms with Crippen LogP contribution in [-0.2, 0) is 6.54 Å². The second-order valence-corrected chi connectivity index (χ2v) is 6.00. The summed E-state index contributed by atoms with van der Waals surface area (Å²) in [6.45, 7) is 0.717. The van der Waals surface area contributed by atoms with Gasteiger partial charge in [0.05, 0.1) is 7.11 Å². The molecule has 0 heterocycles. The molecule has 0 bridgehead atoms. The fraction of sp³-hybridized carbons (Fsp3) is 0.625. The Labute approximate surface area is 127 Å². The summed E-state index contributed by atoms with van der Waals surface area (Å²) in [5, 5.41) is 19.1. The van der Waals surface area contributed by atoms with Crippen LogP contribution in [0.25, 0.3) is 0 Å². The average molecular weight is 291 g/mol. The maximum atomic E-state index is 9.53. The molecule has 0 aromatic heterocycles. The molecule has 0 radical (unpaired) electrons. The van der Waals surface area contributed by atoms with Gasteiger partial charge in [0.1, 0.15) is 5.75 Å². The van der Waals surface area contributed by atoms with Crippen molar-refractivity contribution in [2.45, 2.75) is 51.1 Å². The molecule has 0 atom stereocenters. The summed E-state index contributed by atoms with van der Waals surface area (Å²) in [6.07, 6.45) is 7.73. The van der Waals surface area contributed by atoms with E-state index in [-0.39, 0.29) is 0 Å². The number of hydrogen-bond donors (Lipinski definition) is 2. The highest BCUT2D eigenvalue weighted by atomic mass is 16.5. The Balaban J connectivity index is 2.12. The maximum absolute atomic E-state index is 9.53. The molecule has 5 heteroatoms. The SMILES string of the molecule is COc1ccc(B(O)O)c(CN(C)C2CCCCCC2)c1. The average Bonchev–Trinajstić information content (AvgIpc) is 2.76. The Kier molecular flexibility index (Phi) is 6.09. The summed E-state index contributed by atoms with van der Waals surface area (Å²) >= 11 is 0. The van der Waals surface area contributed by atoms with Crippen molar-refractivity contribution in [3.63, 3.8) is 0 Å². The van der Waals surface area contributed by atoms with Crippen molar-refractivity contribution in [2.24, 2.45) is 0 Å². The third kappa shape index (κ3) is 4.46. The number of hydrogen-bond acceptors (Lipinski definition) is 4. The minimum Gasteiger partial charge on any atom is -0.497 e. The first kappa shape index (κ1) is 16.3. The summed E-state index contributed by atoms with van der Waals surface area (Å²) < 4.78 is 5.25. The highest BCUT2D eigenvalue weighted by Crippen LogP contribution is 2.22. The van der Waals surface area contributed by atoms with Gasteiger partial charge in [0.25, 0.3) is 0 Å². The number of nitrogens with zero attached hydrogens (tertiary/aromatic N) is 1. The molecule has 1 aliphatic rings. The largest absolute Gasteiger partial charge is 0.497 e. The van der Waals surface area contributed by atoms with E-state index in [4.69, 9.17) is 4.74 Å².